The van der Waals surface area contributed by atoms with Crippen molar-refractivity contribution in [3.05, 3.63) is 16.6 Å². The van der Waals surface area contributed by atoms with Gasteiger partial charge >= 0.3 is 0 Å². The van der Waals surface area contributed by atoms with Crippen molar-refractivity contribution in [1.82, 2.24) is 10.3 Å². The van der Waals surface area contributed by atoms with E-state index in [1.165, 1.54) is 0 Å². The lowest BCUT2D eigenvalue weighted by Crippen LogP contribution is -2.37. The van der Waals surface area contributed by atoms with Crippen LogP contribution in [-0.2, 0) is 11.3 Å². The Balaban J connectivity index is 2.07. The van der Waals surface area contributed by atoms with Crippen molar-refractivity contribution in [2.24, 2.45) is 5.73 Å². The van der Waals surface area contributed by atoms with Gasteiger partial charge in [0.1, 0.15) is 0 Å². The predicted octanol–water partition coefficient (Wildman–Crippen LogP) is 0.206. The number of nitrogens with one attached hydrogen (secondary N) is 1. The van der Waals surface area contributed by atoms with E-state index in [-0.39, 0.29) is 6.04 Å². The molecule has 0 aromatic carbocycles. The van der Waals surface area contributed by atoms with Gasteiger partial charge in [0.15, 0.2) is 0 Å². The Kier molecular flexibility index (Phi) is 4.92. The second-order valence-electron chi connectivity index (χ2n) is 2.83. The molecule has 1 atom stereocenters. The SMILES string of the molecule is COCC(N)CNCc1cscn1. The lowest BCUT2D eigenvalue weighted by Gasteiger charge is -2.10. The van der Waals surface area contributed by atoms with Crippen LogP contribution in [0.2, 0.25) is 0 Å². The second-order valence-corrected chi connectivity index (χ2v) is 3.54. The Morgan fingerprint density at radius 1 is 1.77 bits per heavy atom. The van der Waals surface area contributed by atoms with Crippen LogP contribution in [0.4, 0.5) is 0 Å². The number of hydrogen-bond donors (Lipinski definition) is 2. The number of nitrogens with zero attached hydrogens (tertiary/aromatic N) is 1. The van der Waals surface area contributed by atoms with Gasteiger partial charge in [-0.2, -0.15) is 0 Å². The van der Waals surface area contributed by atoms with Crippen LogP contribution in [0, 0.1) is 0 Å². The molecule has 1 rings (SSSR count). The summed E-state index contributed by atoms with van der Waals surface area (Å²) in [6, 6.07) is 0.0589. The van der Waals surface area contributed by atoms with Gasteiger partial charge in [0, 0.05) is 31.6 Å². The maximum atomic E-state index is 5.72. The van der Waals surface area contributed by atoms with Crippen molar-refractivity contribution in [2.75, 3.05) is 20.3 Å². The van der Waals surface area contributed by atoms with Gasteiger partial charge in [-0.3, -0.25) is 0 Å². The van der Waals surface area contributed by atoms with Crippen LogP contribution in [0.5, 0.6) is 0 Å². The molecule has 3 N–H and O–H groups in total. The number of methoxy groups -OCH3 is 1. The Hall–Kier alpha value is -0.490. The van der Waals surface area contributed by atoms with Gasteiger partial charge in [0.05, 0.1) is 17.8 Å². The molecular weight excluding hydrogens is 186 g/mol. The van der Waals surface area contributed by atoms with Crippen molar-refractivity contribution in [2.45, 2.75) is 12.6 Å². The molecule has 4 nitrogen and oxygen atoms in total. The van der Waals surface area contributed by atoms with Crippen molar-refractivity contribution in [3.63, 3.8) is 0 Å². The average Bonchev–Trinajstić information content (AvgIpc) is 2.57. The number of hydrogen-bond acceptors (Lipinski definition) is 5. The molecule has 0 bridgehead atoms. The normalized spacial score (nSPS) is 13.1. The number of rotatable bonds is 6. The smallest absolute Gasteiger partial charge is 0.0795 e. The van der Waals surface area contributed by atoms with Crippen LogP contribution in [0.3, 0.4) is 0 Å². The maximum Gasteiger partial charge on any atom is 0.0795 e. The average molecular weight is 201 g/mol. The topological polar surface area (TPSA) is 60.2 Å². The first kappa shape index (κ1) is 10.6. The minimum atomic E-state index is 0.0589. The first-order valence-electron chi connectivity index (χ1n) is 4.15. The van der Waals surface area contributed by atoms with E-state index in [0.717, 1.165) is 18.8 Å². The standard InChI is InChI=1S/C8H15N3OS/c1-12-4-7(9)2-10-3-8-5-13-6-11-8/h5-7,10H,2-4,9H2,1H3. The zero-order valence-electron chi connectivity index (χ0n) is 7.69. The zero-order valence-corrected chi connectivity index (χ0v) is 8.51. The fourth-order valence-electron chi connectivity index (χ4n) is 0.983. The van der Waals surface area contributed by atoms with Gasteiger partial charge < -0.3 is 15.8 Å². The highest BCUT2D eigenvalue weighted by Gasteiger charge is 2.00. The molecule has 0 aliphatic carbocycles. The molecule has 0 amide bonds. The first-order chi connectivity index (χ1) is 6.33. The van der Waals surface area contributed by atoms with Crippen molar-refractivity contribution in [3.8, 4) is 0 Å². The summed E-state index contributed by atoms with van der Waals surface area (Å²) in [6.07, 6.45) is 0. The Labute approximate surface area is 82.1 Å². The van der Waals surface area contributed by atoms with E-state index in [0.29, 0.717) is 6.61 Å². The molecule has 0 saturated heterocycles. The molecule has 13 heavy (non-hydrogen) atoms. The first-order valence-corrected chi connectivity index (χ1v) is 5.09. The van der Waals surface area contributed by atoms with E-state index in [2.05, 4.69) is 10.3 Å². The van der Waals surface area contributed by atoms with Crippen LogP contribution in [-0.4, -0.2) is 31.3 Å². The minimum absolute atomic E-state index is 0.0589. The molecule has 5 heteroatoms. The molecule has 0 radical (unpaired) electrons. The van der Waals surface area contributed by atoms with Gasteiger partial charge in [-0.1, -0.05) is 0 Å². The number of aromatic nitrogens is 1. The quantitative estimate of drug-likeness (QED) is 0.690. The zero-order chi connectivity index (χ0) is 9.52. The fraction of sp³-hybridized carbons (Fsp3) is 0.625. The third-order valence-electron chi connectivity index (χ3n) is 1.58. The third kappa shape index (κ3) is 4.33. The van der Waals surface area contributed by atoms with Crippen LogP contribution in [0.15, 0.2) is 10.9 Å². The Morgan fingerprint density at radius 2 is 2.62 bits per heavy atom. The summed E-state index contributed by atoms with van der Waals surface area (Å²) >= 11 is 1.60. The molecule has 1 unspecified atom stereocenters. The molecule has 0 aliphatic heterocycles. The number of nitrogens with two attached hydrogens (primary N) is 1. The van der Waals surface area contributed by atoms with Gasteiger partial charge in [0.2, 0.25) is 0 Å². The highest BCUT2D eigenvalue weighted by molar-refractivity contribution is 7.07. The summed E-state index contributed by atoms with van der Waals surface area (Å²) in [6.45, 7) is 2.12. The summed E-state index contributed by atoms with van der Waals surface area (Å²) < 4.78 is 4.91. The van der Waals surface area contributed by atoms with Crippen LogP contribution < -0.4 is 11.1 Å². The number of ether oxygens (including phenoxy) is 1. The van der Waals surface area contributed by atoms with E-state index in [1.807, 2.05) is 10.9 Å². The van der Waals surface area contributed by atoms with E-state index in [9.17, 15) is 0 Å². The molecule has 1 aromatic heterocycles. The summed E-state index contributed by atoms with van der Waals surface area (Å²) in [4.78, 5) is 4.14. The van der Waals surface area contributed by atoms with E-state index in [1.54, 1.807) is 18.4 Å². The largest absolute Gasteiger partial charge is 0.383 e. The highest BCUT2D eigenvalue weighted by Crippen LogP contribution is 1.99. The molecular formula is C8H15N3OS. The van der Waals surface area contributed by atoms with Crippen molar-refractivity contribution >= 4 is 11.3 Å². The summed E-state index contributed by atoms with van der Waals surface area (Å²) in [5, 5.41) is 5.23. The van der Waals surface area contributed by atoms with E-state index < -0.39 is 0 Å². The molecule has 74 valence electrons. The maximum absolute atomic E-state index is 5.72. The third-order valence-corrected chi connectivity index (χ3v) is 2.21. The summed E-state index contributed by atoms with van der Waals surface area (Å²) in [5.74, 6) is 0. The van der Waals surface area contributed by atoms with Gasteiger partial charge in [-0.05, 0) is 0 Å². The van der Waals surface area contributed by atoms with Crippen molar-refractivity contribution in [1.29, 1.82) is 0 Å². The minimum Gasteiger partial charge on any atom is -0.383 e. The molecule has 1 heterocycles. The molecule has 0 saturated carbocycles. The van der Waals surface area contributed by atoms with Crippen molar-refractivity contribution < 1.29 is 4.74 Å². The van der Waals surface area contributed by atoms with Crippen LogP contribution in [0.1, 0.15) is 5.69 Å². The van der Waals surface area contributed by atoms with Gasteiger partial charge in [-0.25, -0.2) is 4.98 Å². The Bertz CT molecular complexity index is 215. The number of thiazole rings is 1. The second kappa shape index (κ2) is 6.04. The molecule has 0 aliphatic rings. The van der Waals surface area contributed by atoms with E-state index in [4.69, 9.17) is 10.5 Å². The van der Waals surface area contributed by atoms with E-state index >= 15 is 0 Å². The summed E-state index contributed by atoms with van der Waals surface area (Å²) in [5.41, 5.74) is 8.61. The lowest BCUT2D eigenvalue weighted by molar-refractivity contribution is 0.179. The lowest BCUT2D eigenvalue weighted by atomic mass is 10.3. The monoisotopic (exact) mass is 201 g/mol. The Morgan fingerprint density at radius 3 is 3.23 bits per heavy atom. The van der Waals surface area contributed by atoms with Crippen LogP contribution >= 0.6 is 11.3 Å². The molecule has 0 fully saturated rings. The predicted molar refractivity (Wildman–Crippen MR) is 53.7 cm³/mol. The highest BCUT2D eigenvalue weighted by atomic mass is 32.1. The van der Waals surface area contributed by atoms with Gasteiger partial charge in [-0.15, -0.1) is 11.3 Å². The fourth-order valence-corrected chi connectivity index (χ4v) is 1.54. The molecule has 1 aromatic rings. The summed E-state index contributed by atoms with van der Waals surface area (Å²) in [7, 11) is 1.65. The van der Waals surface area contributed by atoms with Crippen LogP contribution in [0.25, 0.3) is 0 Å². The van der Waals surface area contributed by atoms with Gasteiger partial charge in [0.25, 0.3) is 0 Å². The molecule has 0 spiro atoms.